The smallest absolute Gasteiger partial charge is 0.149 e. The zero-order valence-electron chi connectivity index (χ0n) is 8.99. The van der Waals surface area contributed by atoms with Gasteiger partial charge in [-0.3, -0.25) is 0 Å². The van der Waals surface area contributed by atoms with Gasteiger partial charge in [0.25, 0.3) is 0 Å². The van der Waals surface area contributed by atoms with E-state index in [-0.39, 0.29) is 25.8 Å². The van der Waals surface area contributed by atoms with E-state index in [1.807, 2.05) is 0 Å². The molecule has 0 aliphatic rings. The summed E-state index contributed by atoms with van der Waals surface area (Å²) in [7, 11) is 0. The van der Waals surface area contributed by atoms with Crippen molar-refractivity contribution in [2.75, 3.05) is 0 Å². The lowest BCUT2D eigenvalue weighted by Crippen LogP contribution is -1.88. The monoisotopic (exact) mass is 374 g/mol. The summed E-state index contributed by atoms with van der Waals surface area (Å²) in [5.41, 5.74) is 0. The molecule has 0 heterocycles. The maximum absolute atomic E-state index is 6.04. The van der Waals surface area contributed by atoms with Gasteiger partial charge in [0.15, 0.2) is 0 Å². The Morgan fingerprint density at radius 2 is 1.32 bits per heavy atom. The van der Waals surface area contributed by atoms with Crippen molar-refractivity contribution in [1.82, 2.24) is 0 Å². The zero-order valence-corrected chi connectivity index (χ0v) is 13.5. The molecular weight excluding hydrogens is 373 g/mol. The first-order valence-corrected chi connectivity index (χ1v) is 7.13. The third-order valence-electron chi connectivity index (χ3n) is 2.18. The van der Waals surface area contributed by atoms with Crippen LogP contribution in [-0.4, -0.2) is 0 Å². The largest absolute Gasteiger partial charge is 0.454 e. The van der Waals surface area contributed by atoms with Crippen molar-refractivity contribution in [2.45, 2.75) is 0 Å². The Balaban J connectivity index is 2.47. The average Bonchev–Trinajstić information content (AvgIpc) is 2.37. The van der Waals surface area contributed by atoms with Crippen LogP contribution in [0.15, 0.2) is 24.3 Å². The van der Waals surface area contributed by atoms with Gasteiger partial charge in [0.05, 0.1) is 20.1 Å². The second kappa shape index (κ2) is 6.17. The van der Waals surface area contributed by atoms with E-state index in [0.717, 1.165) is 0 Å². The summed E-state index contributed by atoms with van der Waals surface area (Å²) in [4.78, 5) is 0. The number of rotatable bonds is 2. The highest BCUT2D eigenvalue weighted by Gasteiger charge is 2.16. The van der Waals surface area contributed by atoms with E-state index in [4.69, 9.17) is 74.3 Å². The van der Waals surface area contributed by atoms with Gasteiger partial charge in [0.1, 0.15) is 16.5 Å². The maximum atomic E-state index is 6.04. The third-order valence-corrected chi connectivity index (χ3v) is 4.46. The van der Waals surface area contributed by atoms with E-state index in [9.17, 15) is 0 Å². The van der Waals surface area contributed by atoms with Crippen LogP contribution in [0.3, 0.4) is 0 Å². The highest BCUT2D eigenvalue weighted by Crippen LogP contribution is 2.44. The first-order chi connectivity index (χ1) is 8.90. The van der Waals surface area contributed by atoms with Gasteiger partial charge in [-0.05, 0) is 12.1 Å². The molecule has 0 atom stereocenters. The van der Waals surface area contributed by atoms with Gasteiger partial charge >= 0.3 is 0 Å². The maximum Gasteiger partial charge on any atom is 0.149 e. The van der Waals surface area contributed by atoms with Crippen molar-refractivity contribution in [3.8, 4) is 11.5 Å². The Bertz CT molecular complexity index is 641. The molecule has 0 aliphatic heterocycles. The fourth-order valence-corrected chi connectivity index (χ4v) is 2.44. The predicted molar refractivity (Wildman–Crippen MR) is 83.0 cm³/mol. The normalized spacial score (nSPS) is 10.6. The Morgan fingerprint density at radius 1 is 0.632 bits per heavy atom. The predicted octanol–water partition coefficient (Wildman–Crippen LogP) is 7.40. The topological polar surface area (TPSA) is 9.23 Å². The summed E-state index contributed by atoms with van der Waals surface area (Å²) >= 11 is 35.6. The van der Waals surface area contributed by atoms with Crippen LogP contribution < -0.4 is 4.74 Å². The Labute approximate surface area is 139 Å². The minimum Gasteiger partial charge on any atom is -0.454 e. The first kappa shape index (κ1) is 15.4. The molecule has 100 valence electrons. The number of benzene rings is 2. The van der Waals surface area contributed by atoms with Crippen molar-refractivity contribution in [3.63, 3.8) is 0 Å². The van der Waals surface area contributed by atoms with Crippen LogP contribution in [0.25, 0.3) is 0 Å². The first-order valence-electron chi connectivity index (χ1n) is 4.86. The highest BCUT2D eigenvalue weighted by atomic mass is 35.5. The lowest BCUT2D eigenvalue weighted by atomic mass is 10.3. The molecular formula is C12H4Cl6O. The summed E-state index contributed by atoms with van der Waals surface area (Å²) in [6.07, 6.45) is 0. The lowest BCUT2D eigenvalue weighted by molar-refractivity contribution is 0.483. The Kier molecular flexibility index (Phi) is 4.99. The molecule has 0 aromatic heterocycles. The number of hydrogen-bond acceptors (Lipinski definition) is 1. The third kappa shape index (κ3) is 3.36. The molecule has 2 rings (SSSR count). The molecule has 0 saturated heterocycles. The van der Waals surface area contributed by atoms with E-state index in [1.54, 1.807) is 18.2 Å². The minimum absolute atomic E-state index is 0.115. The standard InChI is InChI=1S/C12H4Cl6O/c13-5-1-2-6(14)8(3-5)19-9-4-7(15)10(16)12(18)11(9)17/h1-4H. The summed E-state index contributed by atoms with van der Waals surface area (Å²) < 4.78 is 5.56. The summed E-state index contributed by atoms with van der Waals surface area (Å²) in [6, 6.07) is 6.25. The molecule has 7 heteroatoms. The SMILES string of the molecule is Clc1ccc(Cl)c(Oc2cc(Cl)c(Cl)c(Cl)c2Cl)c1. The second-order valence-corrected chi connectivity index (χ2v) is 5.86. The van der Waals surface area contributed by atoms with Crippen LogP contribution in [0, 0.1) is 0 Å². The molecule has 1 nitrogen and oxygen atoms in total. The van der Waals surface area contributed by atoms with Crippen molar-refractivity contribution in [2.24, 2.45) is 0 Å². The molecule has 0 bridgehead atoms. The van der Waals surface area contributed by atoms with E-state index in [0.29, 0.717) is 15.8 Å². The van der Waals surface area contributed by atoms with Crippen molar-refractivity contribution >= 4 is 69.6 Å². The van der Waals surface area contributed by atoms with Crippen LogP contribution >= 0.6 is 69.6 Å². The van der Waals surface area contributed by atoms with Gasteiger partial charge in [0.2, 0.25) is 0 Å². The quantitative estimate of drug-likeness (QED) is 0.392. The van der Waals surface area contributed by atoms with Crippen LogP contribution in [-0.2, 0) is 0 Å². The molecule has 0 unspecified atom stereocenters. The number of ether oxygens (including phenoxy) is 1. The Hall–Kier alpha value is -0.0200. The van der Waals surface area contributed by atoms with E-state index < -0.39 is 0 Å². The van der Waals surface area contributed by atoms with Gasteiger partial charge in [-0.15, -0.1) is 0 Å². The van der Waals surface area contributed by atoms with Gasteiger partial charge in [-0.2, -0.15) is 0 Å². The number of hydrogen-bond donors (Lipinski definition) is 0. The fourth-order valence-electron chi connectivity index (χ4n) is 1.30. The molecule has 0 aliphatic carbocycles. The van der Waals surface area contributed by atoms with Crippen molar-refractivity contribution in [1.29, 1.82) is 0 Å². The summed E-state index contributed by atoms with van der Waals surface area (Å²) in [5.74, 6) is 0.579. The van der Waals surface area contributed by atoms with Crippen LogP contribution in [0.1, 0.15) is 0 Å². The average molecular weight is 377 g/mol. The van der Waals surface area contributed by atoms with Gasteiger partial charge < -0.3 is 4.74 Å². The van der Waals surface area contributed by atoms with Crippen LogP contribution in [0.2, 0.25) is 30.1 Å². The van der Waals surface area contributed by atoms with Gasteiger partial charge in [-0.25, -0.2) is 0 Å². The number of halogens is 6. The Morgan fingerprint density at radius 3 is 2.00 bits per heavy atom. The van der Waals surface area contributed by atoms with Crippen molar-refractivity contribution in [3.05, 3.63) is 54.4 Å². The molecule has 0 spiro atoms. The fraction of sp³-hybridized carbons (Fsp3) is 0. The van der Waals surface area contributed by atoms with Gasteiger partial charge in [-0.1, -0.05) is 69.6 Å². The minimum atomic E-state index is 0.115. The highest BCUT2D eigenvalue weighted by molar-refractivity contribution is 6.52. The summed E-state index contributed by atoms with van der Waals surface area (Å²) in [6.45, 7) is 0. The van der Waals surface area contributed by atoms with E-state index >= 15 is 0 Å². The molecule has 0 saturated carbocycles. The van der Waals surface area contributed by atoms with E-state index in [1.165, 1.54) is 6.07 Å². The van der Waals surface area contributed by atoms with Crippen molar-refractivity contribution < 1.29 is 4.74 Å². The molecule has 0 radical (unpaired) electrons. The zero-order chi connectivity index (χ0) is 14.2. The molecule has 19 heavy (non-hydrogen) atoms. The second-order valence-electron chi connectivity index (χ2n) is 3.48. The van der Waals surface area contributed by atoms with E-state index in [2.05, 4.69) is 0 Å². The van der Waals surface area contributed by atoms with Gasteiger partial charge in [0, 0.05) is 17.2 Å². The van der Waals surface area contributed by atoms with Crippen LogP contribution in [0.5, 0.6) is 11.5 Å². The molecule has 2 aromatic rings. The molecule has 2 aromatic carbocycles. The molecule has 0 N–H and O–H groups in total. The lowest BCUT2D eigenvalue weighted by Gasteiger charge is -2.12. The van der Waals surface area contributed by atoms with Crippen LogP contribution in [0.4, 0.5) is 0 Å². The molecule has 0 amide bonds. The summed E-state index contributed by atoms with van der Waals surface area (Å²) in [5, 5.41) is 1.50. The molecule has 0 fully saturated rings.